The molecule has 46 heteroatoms. The van der Waals surface area contributed by atoms with Crippen molar-refractivity contribution in [1.29, 1.82) is 0 Å². The second-order valence-electron chi connectivity index (χ2n) is 32.0. The predicted molar refractivity (Wildman–Crippen MR) is 494 cm³/mol. The van der Waals surface area contributed by atoms with Crippen LogP contribution >= 0.6 is 15.9 Å². The molecule has 1 saturated heterocycles. The number of aryl methyl sites for hydroxylation is 1. The van der Waals surface area contributed by atoms with Crippen LogP contribution in [0.15, 0.2) is 299 Å². The molecule has 0 radical (unpaired) electrons. The topological polar surface area (TPSA) is 348 Å². The molecule has 7 aromatic carbocycles. The van der Waals surface area contributed by atoms with E-state index in [1.54, 1.807) is 116 Å². The van der Waals surface area contributed by atoms with Gasteiger partial charge in [-0.3, -0.25) is 76.6 Å². The van der Waals surface area contributed by atoms with Crippen molar-refractivity contribution in [2.75, 3.05) is 14.2 Å². The third-order valence-corrected chi connectivity index (χ3v) is 22.9. The number of pyridine rings is 4. The van der Waals surface area contributed by atoms with Crippen molar-refractivity contribution in [3.8, 4) is 90.6 Å². The fourth-order valence-corrected chi connectivity index (χ4v) is 15.3. The molecule has 4 N–H and O–H groups in total. The van der Waals surface area contributed by atoms with E-state index in [9.17, 15) is 71.9 Å². The molecule has 32 nitrogen and oxygen atoms in total. The number of ether oxygens (including phenoxy) is 6. The van der Waals surface area contributed by atoms with Gasteiger partial charge < -0.3 is 37.7 Å². The quantitative estimate of drug-likeness (QED) is 0.0407. The van der Waals surface area contributed by atoms with Gasteiger partial charge >= 0.3 is 32.6 Å². The molecule has 20 rings (SSSR count). The van der Waals surface area contributed by atoms with Crippen molar-refractivity contribution < 1.29 is 90.4 Å². The highest BCUT2D eigenvalue weighted by Crippen LogP contribution is 2.39. The molecular weight excluding hydrogens is 1920 g/mol. The number of alkyl halides is 12. The lowest BCUT2D eigenvalue weighted by Gasteiger charge is -2.32. The van der Waals surface area contributed by atoms with Gasteiger partial charge in [0.25, 0.3) is 22.2 Å². The van der Waals surface area contributed by atoms with E-state index in [4.69, 9.17) is 18.8 Å². The monoisotopic (exact) mass is 1990 g/mol. The Kier molecular flexibility index (Phi) is 27.4. The van der Waals surface area contributed by atoms with Gasteiger partial charge in [-0.1, -0.05) is 54.6 Å². The molecule has 0 saturated carbocycles. The van der Waals surface area contributed by atoms with Gasteiger partial charge in [0, 0.05) is 150 Å². The highest BCUT2D eigenvalue weighted by atomic mass is 79.9. The summed E-state index contributed by atoms with van der Waals surface area (Å²) in [6.45, 7) is 9.54. The minimum absolute atomic E-state index is 0.265. The normalized spacial score (nSPS) is 13.0. The second-order valence-corrected chi connectivity index (χ2v) is 32.9. The summed E-state index contributed by atoms with van der Waals surface area (Å²) in [4.78, 5) is 52.1. The fraction of sp³-hybridized carbons (Fsp3) is 0.170. The van der Waals surface area contributed by atoms with Crippen molar-refractivity contribution in [2.24, 2.45) is 7.05 Å². The molecule has 1 fully saturated rings. The fourth-order valence-electron chi connectivity index (χ4n) is 14.8. The zero-order valence-electron chi connectivity index (χ0n) is 74.1. The van der Waals surface area contributed by atoms with Crippen LogP contribution in [0.5, 0.6) is 34.5 Å². The largest absolute Gasteiger partial charge is 0.573 e. The van der Waals surface area contributed by atoms with E-state index in [0.717, 1.165) is 86.7 Å². The Hall–Kier alpha value is -16.5. The van der Waals surface area contributed by atoms with Crippen molar-refractivity contribution in [1.82, 2.24) is 98.2 Å². The Labute approximate surface area is 790 Å². The van der Waals surface area contributed by atoms with Gasteiger partial charge in [-0.15, -0.1) is 52.7 Å². The van der Waals surface area contributed by atoms with Crippen molar-refractivity contribution in [3.63, 3.8) is 0 Å². The smallest absolute Gasteiger partial charge is 0.497 e. The van der Waals surface area contributed by atoms with Crippen molar-refractivity contribution >= 4 is 72.1 Å². The van der Waals surface area contributed by atoms with Crippen LogP contribution in [0.1, 0.15) is 44.4 Å². The number of nitrogens with zero attached hydrogens (tertiary/aromatic N) is 16. The lowest BCUT2D eigenvalue weighted by molar-refractivity contribution is -0.275. The summed E-state index contributed by atoms with van der Waals surface area (Å²) >= 11 is 3.36. The third kappa shape index (κ3) is 22.4. The Balaban J connectivity index is 0.000000131. The maximum absolute atomic E-state index is 13.9. The summed E-state index contributed by atoms with van der Waals surface area (Å²) < 4.78 is 199. The standard InChI is InChI=1S/C31H24F3N5O3.C24H18F3N5O3.C16H10F3N5O2.C14H9BrF3N3O2.C9H15BN2O2/c1-41-25-11-7-22(8-12-25)17-37-19-23(15-35-37)28-20-38(24-9-13-26(14-10-24)42-31(32,33)34)30(40)29-27(28)16-36-39(29)18-21-5-3-2-4-6-21;1-34-18-6-2-15(3-7-18)12-31-13-16(10-29-31)21-14-32(23(33)22-20(21)11-28-30-22)17-4-8-19(9-5-17)35-24(25,26)27;17-16(18,19)26-11-3-1-10(2-4-11)24-8-13(9-5-20-21-6-9)12-7-22-23-14(12)15(24)25;1-20-12-10(6-19-20)11(15)7-21(13(12)22)8-2-4-9(5-3-8)23-14(16,17)18;1-8(2)9(3,4)14-10(13-8)7-5-11-12-6-7/h2-16,19-20H,17-18H2,1H3;2-11,13-14H,12H2,1H3,(H,28,30);1-8H,(H,20,21)(H,22,23);2-7H,1H3;5-6H,1-4H3,(H,11,12). The number of fused-ring (bicyclic) bond motifs is 4. The Morgan fingerprint density at radius 1 is 0.371 bits per heavy atom. The number of H-pyrrole nitrogens is 4. The van der Waals surface area contributed by atoms with E-state index in [0.29, 0.717) is 96.1 Å². The van der Waals surface area contributed by atoms with Gasteiger partial charge in [-0.05, 0) is 182 Å². The molecule has 1 aliphatic rings. The molecule has 1 aliphatic heterocycles. The molecule has 0 spiro atoms. The number of halogens is 13. The summed E-state index contributed by atoms with van der Waals surface area (Å²) in [7, 11) is 4.55. The van der Waals surface area contributed by atoms with Crippen LogP contribution < -0.4 is 56.1 Å². The van der Waals surface area contributed by atoms with Crippen LogP contribution in [0.3, 0.4) is 0 Å². The SMILES string of the molecule is CC1(C)OB(c2cn[nH]c2)OC1(C)C.COc1ccc(Cn2cc(-c3cn(-c4ccc(OC(F)(F)F)cc4)c(=O)c4[nH]ncc34)cn2)cc1.COc1ccc(Cn2cc(-c3cn(-c4ccc(OC(F)(F)F)cc4)c(=O)c4c3cnn4Cc3ccccc3)cn2)cc1.Cn1ncc2c(Br)cn(-c3ccc(OC(F)(F)F)cc3)c(=O)c21.O=c1c2[nH]ncc2c(-c2cn[nH]c2)cn1-c1ccc(OC(F)(F)F)cc1. The maximum Gasteiger partial charge on any atom is 0.573 e. The van der Waals surface area contributed by atoms with Gasteiger partial charge in [0.05, 0.1) is 88.4 Å². The molecule has 0 aliphatic carbocycles. The lowest BCUT2D eigenvalue weighted by atomic mass is 9.82. The first-order chi connectivity index (χ1) is 66.7. The van der Waals surface area contributed by atoms with Gasteiger partial charge in [-0.25, -0.2) is 0 Å². The zero-order chi connectivity index (χ0) is 99.3. The zero-order valence-corrected chi connectivity index (χ0v) is 75.7. The number of aromatic amines is 4. The molecule has 0 unspecified atom stereocenters. The van der Waals surface area contributed by atoms with Gasteiger partial charge in [0.2, 0.25) is 0 Å². The van der Waals surface area contributed by atoms with Crippen LogP contribution in [-0.2, 0) is 36.0 Å². The number of methoxy groups -OCH3 is 2. The van der Waals surface area contributed by atoms with Gasteiger partial charge in [0.1, 0.15) is 56.6 Å². The Morgan fingerprint density at radius 3 is 1.14 bits per heavy atom. The highest BCUT2D eigenvalue weighted by molar-refractivity contribution is 9.10. The molecule has 718 valence electrons. The number of hydrogen-bond acceptors (Lipinski definition) is 20. The number of aromatic nitrogens is 20. The lowest BCUT2D eigenvalue weighted by Crippen LogP contribution is -2.41. The first-order valence-electron chi connectivity index (χ1n) is 41.8. The number of benzene rings is 7. The molecule has 140 heavy (non-hydrogen) atoms. The summed E-state index contributed by atoms with van der Waals surface area (Å²) in [6.07, 6.45) is 7.46. The van der Waals surface area contributed by atoms with Gasteiger partial charge in [0.15, 0.2) is 0 Å². The first kappa shape index (κ1) is 96.6. The number of hydrogen-bond donors (Lipinski definition) is 4. The highest BCUT2D eigenvalue weighted by Gasteiger charge is 2.52. The van der Waals surface area contributed by atoms with Crippen molar-refractivity contribution in [3.05, 3.63) is 338 Å². The van der Waals surface area contributed by atoms with Crippen molar-refractivity contribution in [2.45, 2.75) is 84.0 Å². The van der Waals surface area contributed by atoms with Crippen LogP contribution in [-0.4, -0.2) is 156 Å². The second kappa shape index (κ2) is 39.7. The van der Waals surface area contributed by atoms with Crippen LogP contribution in [0.2, 0.25) is 0 Å². The van der Waals surface area contributed by atoms with Crippen LogP contribution in [0, 0.1) is 0 Å². The van der Waals surface area contributed by atoms with E-state index in [2.05, 4.69) is 96.1 Å². The summed E-state index contributed by atoms with van der Waals surface area (Å²) in [5.74, 6) is 0.0426. The molecular formula is C94H76BBrF12N20O12. The Bertz CT molecular complexity index is 7800. The summed E-state index contributed by atoms with van der Waals surface area (Å²) in [5.41, 5.74) is 9.04. The first-order valence-corrected chi connectivity index (χ1v) is 42.6. The minimum Gasteiger partial charge on any atom is -0.497 e. The van der Waals surface area contributed by atoms with Gasteiger partial charge in [-0.2, -0.15) is 40.8 Å². The average molecular weight is 2000 g/mol. The summed E-state index contributed by atoms with van der Waals surface area (Å²) in [6, 6.07) is 45.2. The molecule has 19 aromatic rings. The van der Waals surface area contributed by atoms with E-state index >= 15 is 0 Å². The minimum atomic E-state index is -4.82. The van der Waals surface area contributed by atoms with E-state index < -0.39 is 31.0 Å². The predicted octanol–water partition coefficient (Wildman–Crippen LogP) is 17.7. The molecule has 13 heterocycles. The third-order valence-electron chi connectivity index (χ3n) is 22.2. The van der Waals surface area contributed by atoms with E-state index in [1.807, 2.05) is 119 Å². The average Bonchev–Trinajstić information content (AvgIpc) is 1.59. The maximum atomic E-state index is 13.9. The van der Waals surface area contributed by atoms with E-state index in [-0.39, 0.29) is 69.0 Å². The number of rotatable bonds is 20. The molecule has 0 atom stereocenters. The summed E-state index contributed by atoms with van der Waals surface area (Å²) in [5, 5.41) is 46.5. The molecule has 0 bridgehead atoms. The van der Waals surface area contributed by atoms with Crippen LogP contribution in [0.25, 0.3) is 99.7 Å². The number of nitrogens with one attached hydrogen (secondary N) is 4. The molecule has 12 aromatic heterocycles. The molecule has 0 amide bonds. The van der Waals surface area contributed by atoms with E-state index in [1.165, 1.54) is 89.8 Å². The van der Waals surface area contributed by atoms with Crippen LogP contribution in [0.4, 0.5) is 52.7 Å². The Morgan fingerprint density at radius 2 is 0.743 bits per heavy atom.